The molecule has 1 aliphatic rings. The second-order valence-electron chi connectivity index (χ2n) is 7.30. The van der Waals surface area contributed by atoms with Gasteiger partial charge in [0.05, 0.1) is 6.61 Å². The first kappa shape index (κ1) is 21.2. The van der Waals surface area contributed by atoms with Crippen molar-refractivity contribution in [1.29, 1.82) is 0 Å². The third-order valence-electron chi connectivity index (χ3n) is 5.34. The predicted molar refractivity (Wildman–Crippen MR) is 117 cm³/mol. The molecule has 1 fully saturated rings. The van der Waals surface area contributed by atoms with E-state index in [9.17, 15) is 5.11 Å². The van der Waals surface area contributed by atoms with Gasteiger partial charge in [0.15, 0.2) is 0 Å². The lowest BCUT2D eigenvalue weighted by atomic mass is 10.1. The number of benzene rings is 2. The van der Waals surface area contributed by atoms with Crippen molar-refractivity contribution in [3.63, 3.8) is 0 Å². The van der Waals surface area contributed by atoms with E-state index >= 15 is 0 Å². The quantitative estimate of drug-likeness (QED) is 0.647. The summed E-state index contributed by atoms with van der Waals surface area (Å²) < 4.78 is 5.54. The van der Waals surface area contributed by atoms with Crippen LogP contribution in [0.1, 0.15) is 24.5 Å². The molecule has 0 aliphatic carbocycles. The number of rotatable bonds is 9. The lowest BCUT2D eigenvalue weighted by Crippen LogP contribution is -2.52. The van der Waals surface area contributed by atoms with Crippen LogP contribution in [0, 0.1) is 0 Å². The van der Waals surface area contributed by atoms with Crippen molar-refractivity contribution in [2.45, 2.75) is 37.4 Å². The molecule has 0 spiro atoms. The second kappa shape index (κ2) is 10.9. The van der Waals surface area contributed by atoms with E-state index in [0.717, 1.165) is 44.9 Å². The molecule has 0 radical (unpaired) electrons. The molecule has 1 saturated heterocycles. The summed E-state index contributed by atoms with van der Waals surface area (Å²) >= 11 is 1.78. The van der Waals surface area contributed by atoms with Crippen LogP contribution in [0.15, 0.2) is 53.4 Å². The fourth-order valence-electron chi connectivity index (χ4n) is 3.81. The molecule has 3 rings (SSSR count). The molecule has 152 valence electrons. The Morgan fingerprint density at radius 3 is 2.32 bits per heavy atom. The molecule has 0 amide bonds. The summed E-state index contributed by atoms with van der Waals surface area (Å²) in [7, 11) is 0. The van der Waals surface area contributed by atoms with Crippen molar-refractivity contribution >= 4 is 11.8 Å². The van der Waals surface area contributed by atoms with Gasteiger partial charge in [0.1, 0.15) is 5.75 Å². The van der Waals surface area contributed by atoms with Crippen molar-refractivity contribution in [1.82, 2.24) is 9.80 Å². The Morgan fingerprint density at radius 2 is 1.68 bits per heavy atom. The normalized spacial score (nSPS) is 18.3. The van der Waals surface area contributed by atoms with Gasteiger partial charge in [-0.15, -0.1) is 11.8 Å². The number of nitrogens with zero attached hydrogens (tertiary/aromatic N) is 2. The van der Waals surface area contributed by atoms with E-state index < -0.39 is 0 Å². The largest absolute Gasteiger partial charge is 0.494 e. The third-order valence-corrected chi connectivity index (χ3v) is 6.08. The van der Waals surface area contributed by atoms with Crippen LogP contribution in [0.4, 0.5) is 0 Å². The maximum absolute atomic E-state index is 9.57. The summed E-state index contributed by atoms with van der Waals surface area (Å²) in [5, 5.41) is 9.57. The zero-order valence-corrected chi connectivity index (χ0v) is 17.8. The van der Waals surface area contributed by atoms with Crippen LogP contribution in [0.25, 0.3) is 0 Å². The molecule has 2 aromatic rings. The summed E-state index contributed by atoms with van der Waals surface area (Å²) in [6.07, 6.45) is 2.93. The number of ether oxygens (including phenoxy) is 1. The van der Waals surface area contributed by atoms with Crippen molar-refractivity contribution < 1.29 is 9.84 Å². The van der Waals surface area contributed by atoms with Gasteiger partial charge in [0, 0.05) is 50.3 Å². The van der Waals surface area contributed by atoms with Crippen LogP contribution in [0.3, 0.4) is 0 Å². The maximum atomic E-state index is 9.57. The van der Waals surface area contributed by atoms with E-state index in [4.69, 9.17) is 4.74 Å². The highest BCUT2D eigenvalue weighted by Crippen LogP contribution is 2.21. The van der Waals surface area contributed by atoms with Crippen molar-refractivity contribution in [2.75, 3.05) is 39.1 Å². The monoisotopic (exact) mass is 400 g/mol. The molecule has 1 N–H and O–H groups in total. The van der Waals surface area contributed by atoms with Crippen LogP contribution in [0.5, 0.6) is 5.75 Å². The fourth-order valence-corrected chi connectivity index (χ4v) is 4.22. The predicted octanol–water partition coefficient (Wildman–Crippen LogP) is 3.88. The van der Waals surface area contributed by atoms with Gasteiger partial charge >= 0.3 is 0 Å². The van der Waals surface area contributed by atoms with Crippen LogP contribution in [-0.2, 0) is 13.1 Å². The summed E-state index contributed by atoms with van der Waals surface area (Å²) in [6.45, 7) is 7.93. The molecule has 2 aromatic carbocycles. The first-order valence-corrected chi connectivity index (χ1v) is 11.4. The summed E-state index contributed by atoms with van der Waals surface area (Å²) in [4.78, 5) is 6.34. The van der Waals surface area contributed by atoms with Crippen LogP contribution in [0.2, 0.25) is 0 Å². The van der Waals surface area contributed by atoms with E-state index in [2.05, 4.69) is 52.5 Å². The zero-order chi connectivity index (χ0) is 19.8. The zero-order valence-electron chi connectivity index (χ0n) is 17.0. The van der Waals surface area contributed by atoms with E-state index in [1.54, 1.807) is 11.8 Å². The van der Waals surface area contributed by atoms with Gasteiger partial charge in [0.2, 0.25) is 0 Å². The van der Waals surface area contributed by atoms with Gasteiger partial charge in [-0.05, 0) is 55.0 Å². The lowest BCUT2D eigenvalue weighted by Gasteiger charge is -2.41. The molecule has 1 heterocycles. The minimum absolute atomic E-state index is 0.237. The van der Waals surface area contributed by atoms with Gasteiger partial charge in [-0.1, -0.05) is 24.3 Å². The summed E-state index contributed by atoms with van der Waals surface area (Å²) in [5.41, 5.74) is 2.66. The highest BCUT2D eigenvalue weighted by atomic mass is 32.2. The average molecular weight is 401 g/mol. The Labute approximate surface area is 173 Å². The van der Waals surface area contributed by atoms with Gasteiger partial charge in [-0.2, -0.15) is 0 Å². The number of thioether (sulfide) groups is 1. The number of aliphatic hydroxyl groups excluding tert-OH is 1. The Bertz CT molecular complexity index is 706. The third kappa shape index (κ3) is 5.98. The minimum Gasteiger partial charge on any atom is -0.494 e. The van der Waals surface area contributed by atoms with Gasteiger partial charge in [-0.25, -0.2) is 0 Å². The number of piperazine rings is 1. The van der Waals surface area contributed by atoms with Crippen molar-refractivity contribution in [2.24, 2.45) is 0 Å². The van der Waals surface area contributed by atoms with Crippen LogP contribution in [-0.4, -0.2) is 60.1 Å². The average Bonchev–Trinajstić information content (AvgIpc) is 2.72. The Hall–Kier alpha value is -1.53. The SMILES string of the molecule is CCOc1ccc(CN2CCN(Cc3ccc(SC)cc3)C[C@@H]2CCO)cc1. The Balaban J connectivity index is 1.58. The van der Waals surface area contributed by atoms with Gasteiger partial charge < -0.3 is 9.84 Å². The maximum Gasteiger partial charge on any atom is 0.119 e. The van der Waals surface area contributed by atoms with E-state index in [-0.39, 0.29) is 6.61 Å². The van der Waals surface area contributed by atoms with E-state index in [1.807, 2.05) is 19.1 Å². The summed E-state index contributed by atoms with van der Waals surface area (Å²) in [5.74, 6) is 0.926. The van der Waals surface area contributed by atoms with E-state index in [0.29, 0.717) is 12.6 Å². The number of hydrogen-bond donors (Lipinski definition) is 1. The molecule has 0 bridgehead atoms. The highest BCUT2D eigenvalue weighted by Gasteiger charge is 2.26. The lowest BCUT2D eigenvalue weighted by molar-refractivity contribution is 0.0499. The number of aliphatic hydroxyl groups is 1. The molecule has 5 heteroatoms. The minimum atomic E-state index is 0.237. The molecule has 1 aliphatic heterocycles. The first-order chi connectivity index (χ1) is 13.7. The molecule has 0 aromatic heterocycles. The molecule has 4 nitrogen and oxygen atoms in total. The fraction of sp³-hybridized carbons (Fsp3) is 0.478. The topological polar surface area (TPSA) is 35.9 Å². The first-order valence-electron chi connectivity index (χ1n) is 10.1. The van der Waals surface area contributed by atoms with Crippen LogP contribution < -0.4 is 4.74 Å². The van der Waals surface area contributed by atoms with Crippen LogP contribution >= 0.6 is 11.8 Å². The van der Waals surface area contributed by atoms with E-state index in [1.165, 1.54) is 16.0 Å². The van der Waals surface area contributed by atoms with Gasteiger partial charge in [-0.3, -0.25) is 9.80 Å². The molecule has 0 unspecified atom stereocenters. The Morgan fingerprint density at radius 1 is 1.00 bits per heavy atom. The summed E-state index contributed by atoms with van der Waals surface area (Å²) in [6, 6.07) is 17.7. The van der Waals surface area contributed by atoms with Gasteiger partial charge in [0.25, 0.3) is 0 Å². The number of hydrogen-bond acceptors (Lipinski definition) is 5. The molecule has 1 atom stereocenters. The Kier molecular flexibility index (Phi) is 8.22. The molecule has 28 heavy (non-hydrogen) atoms. The highest BCUT2D eigenvalue weighted by molar-refractivity contribution is 7.98. The molecular formula is C23H32N2O2S. The second-order valence-corrected chi connectivity index (χ2v) is 8.18. The van der Waals surface area contributed by atoms with Crippen molar-refractivity contribution in [3.05, 3.63) is 59.7 Å². The smallest absolute Gasteiger partial charge is 0.119 e. The standard InChI is InChI=1S/C23H32N2O2S/c1-3-27-22-8-4-20(5-9-22)17-25-14-13-24(18-21(25)12-15-26)16-19-6-10-23(28-2)11-7-19/h4-11,21,26H,3,12-18H2,1-2H3/t21-/m0/s1. The van der Waals surface area contributed by atoms with Crippen molar-refractivity contribution in [3.8, 4) is 5.75 Å². The molecule has 0 saturated carbocycles. The molecular weight excluding hydrogens is 368 g/mol.